The summed E-state index contributed by atoms with van der Waals surface area (Å²) in [5.74, 6) is 0.506. The Morgan fingerprint density at radius 2 is 1.81 bits per heavy atom. The molecule has 0 radical (unpaired) electrons. The second-order valence-electron chi connectivity index (χ2n) is 7.05. The highest BCUT2D eigenvalue weighted by atomic mass is 32.2. The second-order valence-corrected chi connectivity index (χ2v) is 9.07. The van der Waals surface area contributed by atoms with Crippen LogP contribution < -0.4 is 9.62 Å². The molecule has 2 aromatic rings. The number of aromatic nitrogens is 1. The number of rotatable bonds is 6. The summed E-state index contributed by atoms with van der Waals surface area (Å²) in [5, 5.41) is 2.95. The largest absolute Gasteiger partial charge is 0.342 e. The lowest BCUT2D eigenvalue weighted by Crippen LogP contribution is -2.27. The van der Waals surface area contributed by atoms with Gasteiger partial charge >= 0.3 is 0 Å². The molecule has 1 aromatic heterocycles. The molecule has 1 saturated heterocycles. The number of amides is 1. The molecule has 0 aliphatic carbocycles. The Bertz CT molecular complexity index is 843. The van der Waals surface area contributed by atoms with Gasteiger partial charge in [-0.3, -0.25) is 9.10 Å². The van der Waals surface area contributed by atoms with Gasteiger partial charge in [0.05, 0.1) is 11.4 Å². The van der Waals surface area contributed by atoms with Crippen molar-refractivity contribution in [2.75, 3.05) is 21.9 Å². The second kappa shape index (κ2) is 7.53. The lowest BCUT2D eigenvalue weighted by molar-refractivity contribution is -0.119. The van der Waals surface area contributed by atoms with Crippen molar-refractivity contribution in [2.45, 2.75) is 32.7 Å². The Morgan fingerprint density at radius 3 is 2.35 bits per heavy atom. The predicted molar refractivity (Wildman–Crippen MR) is 104 cm³/mol. The number of hydrogen-bond acceptors (Lipinski definition) is 3. The number of anilines is 2. The highest BCUT2D eigenvalue weighted by Gasteiger charge is 2.28. The van der Waals surface area contributed by atoms with Crippen LogP contribution in [0, 0.1) is 5.92 Å². The minimum Gasteiger partial charge on any atom is -0.342 e. The van der Waals surface area contributed by atoms with Gasteiger partial charge in [-0.2, -0.15) is 0 Å². The van der Waals surface area contributed by atoms with E-state index in [4.69, 9.17) is 0 Å². The first kappa shape index (κ1) is 18.5. The zero-order chi connectivity index (χ0) is 18.7. The fourth-order valence-electron chi connectivity index (χ4n) is 3.23. The molecule has 1 aliphatic heterocycles. The fraction of sp³-hybridized carbons (Fsp3) is 0.421. The van der Waals surface area contributed by atoms with E-state index in [1.165, 1.54) is 4.31 Å². The van der Waals surface area contributed by atoms with Crippen LogP contribution >= 0.6 is 0 Å². The molecule has 0 saturated carbocycles. The summed E-state index contributed by atoms with van der Waals surface area (Å²) in [5.41, 5.74) is 1.31. The van der Waals surface area contributed by atoms with E-state index in [0.29, 0.717) is 30.3 Å². The summed E-state index contributed by atoms with van der Waals surface area (Å²) in [4.78, 5) is 12.8. The van der Waals surface area contributed by atoms with E-state index in [2.05, 4.69) is 19.2 Å². The standard InChI is InChI=1S/C19H25N3O3S/c1-15(2)14-18(21-10-3-4-11-21)19(23)20-16-6-8-17(9-7-16)22-12-5-13-26(22,24)25/h3-4,6-11,15,18H,5,12-14H2,1-2H3,(H,20,23). The molecule has 3 rings (SSSR count). The van der Waals surface area contributed by atoms with Crippen molar-refractivity contribution in [3.63, 3.8) is 0 Å². The monoisotopic (exact) mass is 375 g/mol. The molecule has 26 heavy (non-hydrogen) atoms. The average molecular weight is 375 g/mol. The van der Waals surface area contributed by atoms with Crippen molar-refractivity contribution < 1.29 is 13.2 Å². The molecule has 1 unspecified atom stereocenters. The van der Waals surface area contributed by atoms with Crippen molar-refractivity contribution >= 4 is 27.3 Å². The van der Waals surface area contributed by atoms with Gasteiger partial charge in [-0.15, -0.1) is 0 Å². The number of carbonyl (C=O) groups excluding carboxylic acids is 1. The Hall–Kier alpha value is -2.28. The Kier molecular flexibility index (Phi) is 5.36. The summed E-state index contributed by atoms with van der Waals surface area (Å²) in [6, 6.07) is 10.5. The maximum Gasteiger partial charge on any atom is 0.247 e. The number of carbonyl (C=O) groups is 1. The normalized spacial score (nSPS) is 17.4. The van der Waals surface area contributed by atoms with Crippen LogP contribution in [-0.4, -0.2) is 31.2 Å². The van der Waals surface area contributed by atoms with Crippen molar-refractivity contribution in [1.29, 1.82) is 0 Å². The van der Waals surface area contributed by atoms with Gasteiger partial charge in [0.2, 0.25) is 15.9 Å². The lowest BCUT2D eigenvalue weighted by atomic mass is 10.0. The van der Waals surface area contributed by atoms with E-state index in [1.807, 2.05) is 29.1 Å². The van der Waals surface area contributed by atoms with Crippen LogP contribution in [0.2, 0.25) is 0 Å². The van der Waals surface area contributed by atoms with E-state index in [9.17, 15) is 13.2 Å². The van der Waals surface area contributed by atoms with Crippen LogP contribution in [0.5, 0.6) is 0 Å². The summed E-state index contributed by atoms with van der Waals surface area (Å²) >= 11 is 0. The van der Waals surface area contributed by atoms with Crippen molar-refractivity contribution in [1.82, 2.24) is 4.57 Å². The topological polar surface area (TPSA) is 71.4 Å². The average Bonchev–Trinajstić information content (AvgIpc) is 3.22. The van der Waals surface area contributed by atoms with Crippen molar-refractivity contribution in [3.8, 4) is 0 Å². The summed E-state index contributed by atoms with van der Waals surface area (Å²) in [6.07, 6.45) is 5.18. The van der Waals surface area contributed by atoms with Gasteiger partial charge in [0.25, 0.3) is 0 Å². The number of nitrogens with one attached hydrogen (secondary N) is 1. The molecular formula is C19H25N3O3S. The predicted octanol–water partition coefficient (Wildman–Crippen LogP) is 3.25. The van der Waals surface area contributed by atoms with E-state index >= 15 is 0 Å². The summed E-state index contributed by atoms with van der Waals surface area (Å²) in [6.45, 7) is 4.70. The fourth-order valence-corrected chi connectivity index (χ4v) is 4.80. The molecule has 1 N–H and O–H groups in total. The lowest BCUT2D eigenvalue weighted by Gasteiger charge is -2.21. The summed E-state index contributed by atoms with van der Waals surface area (Å²) < 4.78 is 27.4. The van der Waals surface area contributed by atoms with E-state index in [0.717, 1.165) is 6.42 Å². The highest BCUT2D eigenvalue weighted by Crippen LogP contribution is 2.26. The van der Waals surface area contributed by atoms with Gasteiger partial charge in [0.15, 0.2) is 0 Å². The zero-order valence-corrected chi connectivity index (χ0v) is 15.9. The first-order chi connectivity index (χ1) is 12.4. The SMILES string of the molecule is CC(C)CC(C(=O)Nc1ccc(N2CCCS2(=O)=O)cc1)n1cccc1. The molecule has 1 atom stereocenters. The number of benzene rings is 1. The maximum absolute atomic E-state index is 12.8. The minimum atomic E-state index is -3.19. The van der Waals surface area contributed by atoms with Gasteiger partial charge in [-0.05, 0) is 55.2 Å². The molecule has 1 aliphatic rings. The number of sulfonamides is 1. The smallest absolute Gasteiger partial charge is 0.247 e. The highest BCUT2D eigenvalue weighted by molar-refractivity contribution is 7.93. The van der Waals surface area contributed by atoms with Crippen LogP contribution in [0.15, 0.2) is 48.8 Å². The molecule has 7 heteroatoms. The molecule has 1 amide bonds. The molecular weight excluding hydrogens is 350 g/mol. The maximum atomic E-state index is 12.8. The number of hydrogen-bond donors (Lipinski definition) is 1. The van der Waals surface area contributed by atoms with Crippen LogP contribution in [0.1, 0.15) is 32.7 Å². The third-order valence-corrected chi connectivity index (χ3v) is 6.38. The molecule has 2 heterocycles. The van der Waals surface area contributed by atoms with Crippen LogP contribution in [-0.2, 0) is 14.8 Å². The molecule has 1 aromatic carbocycles. The van der Waals surface area contributed by atoms with Gasteiger partial charge in [-0.25, -0.2) is 8.42 Å². The molecule has 0 bridgehead atoms. The van der Waals surface area contributed by atoms with Crippen LogP contribution in [0.25, 0.3) is 0 Å². The van der Waals surface area contributed by atoms with Crippen molar-refractivity contribution in [2.24, 2.45) is 5.92 Å². The first-order valence-corrected chi connectivity index (χ1v) is 10.5. The molecule has 0 spiro atoms. The van der Waals surface area contributed by atoms with Crippen LogP contribution in [0.3, 0.4) is 0 Å². The van der Waals surface area contributed by atoms with Gasteiger partial charge in [0, 0.05) is 24.6 Å². The Labute approximate surface area is 154 Å². The minimum absolute atomic E-state index is 0.0727. The zero-order valence-electron chi connectivity index (χ0n) is 15.1. The third kappa shape index (κ3) is 4.09. The quantitative estimate of drug-likeness (QED) is 0.842. The molecule has 140 valence electrons. The summed E-state index contributed by atoms with van der Waals surface area (Å²) in [7, 11) is -3.19. The Morgan fingerprint density at radius 1 is 1.15 bits per heavy atom. The van der Waals surface area contributed by atoms with E-state index in [-0.39, 0.29) is 17.7 Å². The van der Waals surface area contributed by atoms with E-state index in [1.54, 1.807) is 24.3 Å². The van der Waals surface area contributed by atoms with Gasteiger partial charge in [-0.1, -0.05) is 13.8 Å². The molecule has 6 nitrogen and oxygen atoms in total. The number of nitrogens with zero attached hydrogens (tertiary/aromatic N) is 2. The Balaban J connectivity index is 1.72. The van der Waals surface area contributed by atoms with E-state index < -0.39 is 10.0 Å². The third-order valence-electron chi connectivity index (χ3n) is 4.51. The molecule has 1 fully saturated rings. The van der Waals surface area contributed by atoms with Gasteiger partial charge < -0.3 is 9.88 Å². The van der Waals surface area contributed by atoms with Crippen molar-refractivity contribution in [3.05, 3.63) is 48.8 Å². The van der Waals surface area contributed by atoms with Gasteiger partial charge in [0.1, 0.15) is 6.04 Å². The van der Waals surface area contributed by atoms with Crippen LogP contribution in [0.4, 0.5) is 11.4 Å². The first-order valence-electron chi connectivity index (χ1n) is 8.90.